The van der Waals surface area contributed by atoms with Crippen molar-refractivity contribution >= 4 is 33.6 Å². The number of aliphatic hydroxyl groups is 1. The fourth-order valence-electron chi connectivity index (χ4n) is 6.66. The van der Waals surface area contributed by atoms with Crippen molar-refractivity contribution in [1.82, 2.24) is 19.8 Å². The fourth-order valence-corrected chi connectivity index (χ4v) is 8.29. The third-order valence-electron chi connectivity index (χ3n) is 9.69. The average molecular weight is 826 g/mol. The van der Waals surface area contributed by atoms with Gasteiger partial charge in [-0.3, -0.25) is 24.6 Å². The zero-order chi connectivity index (χ0) is 43.2. The van der Waals surface area contributed by atoms with Crippen LogP contribution in [-0.2, 0) is 36.3 Å². The fraction of sp³-hybridized carbons (Fsp3) is 0.500. The number of carbonyl (C=O) groups is 3. The Balaban J connectivity index is 1.62. The van der Waals surface area contributed by atoms with Gasteiger partial charge < -0.3 is 20.5 Å². The van der Waals surface area contributed by atoms with E-state index in [0.29, 0.717) is 18.4 Å². The van der Waals surface area contributed by atoms with Crippen LogP contribution in [-0.4, -0.2) is 89.0 Å². The Bertz CT molecular complexity index is 2030. The molecule has 1 aliphatic carbocycles. The second kappa shape index (κ2) is 18.3. The van der Waals surface area contributed by atoms with E-state index in [1.54, 1.807) is 91.8 Å². The van der Waals surface area contributed by atoms with E-state index in [1.165, 1.54) is 23.1 Å². The van der Waals surface area contributed by atoms with E-state index in [0.717, 1.165) is 34.1 Å². The molecule has 4 rings (SSSR count). The molecule has 1 aliphatic rings. The number of amides is 3. The van der Waals surface area contributed by atoms with Gasteiger partial charge in [-0.05, 0) is 86.8 Å². The summed E-state index contributed by atoms with van der Waals surface area (Å²) in [4.78, 5) is 53.6. The molecule has 3 atom stereocenters. The minimum Gasteiger partial charge on any atom is -0.444 e. The van der Waals surface area contributed by atoms with Gasteiger partial charge >= 0.3 is 6.09 Å². The number of hydrogen-bond acceptors (Lipinski definition) is 9. The number of halogens is 1. The minimum absolute atomic E-state index is 0.00564. The van der Waals surface area contributed by atoms with Crippen molar-refractivity contribution in [2.45, 2.75) is 109 Å². The highest BCUT2D eigenvalue weighted by Crippen LogP contribution is 2.51. The number of nitro groups is 1. The standard InChI is InChI=1S/C42H56FN5O9S/c1-28(2)25-46(58(55,56)33-19-17-32(18-20-33)48(53)54)26-35(49)34(23-29-13-10-9-11-14-29)44-38(51)37(40(3,4)5)45-36(50)27-47(39(52)57-41(6,7)8)42(21-22-42)30-15-12-16-31(43)24-30/h9-20,24,28,34-35,37,49H,21-23,25-27H2,1-8H3,(H,44,51)(H,45,50). The smallest absolute Gasteiger partial charge is 0.411 e. The molecule has 0 aromatic heterocycles. The summed E-state index contributed by atoms with van der Waals surface area (Å²) < 4.78 is 49.0. The lowest BCUT2D eigenvalue weighted by atomic mass is 9.85. The van der Waals surface area contributed by atoms with E-state index in [2.05, 4.69) is 10.6 Å². The van der Waals surface area contributed by atoms with Gasteiger partial charge in [0.25, 0.3) is 5.69 Å². The zero-order valence-electron chi connectivity index (χ0n) is 34.4. The molecule has 1 fully saturated rings. The molecule has 3 aromatic carbocycles. The average Bonchev–Trinajstić information content (AvgIpc) is 3.93. The highest BCUT2D eigenvalue weighted by Gasteiger charge is 2.53. The van der Waals surface area contributed by atoms with Crippen molar-refractivity contribution in [2.75, 3.05) is 19.6 Å². The SMILES string of the molecule is CC(C)CN(CC(O)C(Cc1ccccc1)NC(=O)C(NC(=O)CN(C(=O)OC(C)(C)C)C1(c2cccc(F)c2)CC1)C(C)(C)C)S(=O)(=O)c1ccc([N+](=O)[O-])cc1. The third-order valence-corrected chi connectivity index (χ3v) is 11.5. The number of hydrogen-bond donors (Lipinski definition) is 3. The van der Waals surface area contributed by atoms with Crippen molar-refractivity contribution in [1.29, 1.82) is 0 Å². The lowest BCUT2D eigenvalue weighted by molar-refractivity contribution is -0.384. The summed E-state index contributed by atoms with van der Waals surface area (Å²) >= 11 is 0. The van der Waals surface area contributed by atoms with Gasteiger partial charge in [0, 0.05) is 25.2 Å². The van der Waals surface area contributed by atoms with Crippen LogP contribution in [0.25, 0.3) is 0 Å². The quantitative estimate of drug-likeness (QED) is 0.110. The van der Waals surface area contributed by atoms with Crippen LogP contribution >= 0.6 is 0 Å². The summed E-state index contributed by atoms with van der Waals surface area (Å²) in [6, 6.07) is 17.0. The van der Waals surface area contributed by atoms with E-state index in [-0.39, 0.29) is 29.5 Å². The largest absolute Gasteiger partial charge is 0.444 e. The van der Waals surface area contributed by atoms with Crippen LogP contribution in [0, 0.1) is 27.3 Å². The number of aliphatic hydroxyl groups excluding tert-OH is 1. The molecule has 0 saturated heterocycles. The molecule has 3 aromatic rings. The van der Waals surface area contributed by atoms with E-state index in [4.69, 9.17) is 4.74 Å². The summed E-state index contributed by atoms with van der Waals surface area (Å²) in [5.74, 6) is -2.02. The van der Waals surface area contributed by atoms with E-state index in [1.807, 2.05) is 0 Å². The molecule has 316 valence electrons. The van der Waals surface area contributed by atoms with Crippen molar-refractivity contribution in [3.8, 4) is 0 Å². The summed E-state index contributed by atoms with van der Waals surface area (Å²) in [7, 11) is -4.27. The lowest BCUT2D eigenvalue weighted by Crippen LogP contribution is -2.60. The first kappa shape index (κ1) is 45.8. The Morgan fingerprint density at radius 1 is 0.931 bits per heavy atom. The topological polar surface area (TPSA) is 188 Å². The first-order valence-electron chi connectivity index (χ1n) is 19.3. The molecule has 0 spiro atoms. The van der Waals surface area contributed by atoms with Crippen LogP contribution in [0.15, 0.2) is 83.8 Å². The molecule has 3 amide bonds. The zero-order valence-corrected chi connectivity index (χ0v) is 35.2. The molecule has 3 unspecified atom stereocenters. The number of ether oxygens (including phenoxy) is 1. The molecule has 0 heterocycles. The molecule has 14 nitrogen and oxygen atoms in total. The van der Waals surface area contributed by atoms with Crippen LogP contribution in [0.3, 0.4) is 0 Å². The van der Waals surface area contributed by atoms with Crippen LogP contribution in [0.2, 0.25) is 0 Å². The number of nitrogens with zero attached hydrogens (tertiary/aromatic N) is 3. The number of nitro benzene ring substituents is 1. The van der Waals surface area contributed by atoms with Gasteiger partial charge in [-0.2, -0.15) is 4.31 Å². The Hall–Kier alpha value is -4.93. The number of nitrogens with one attached hydrogen (secondary N) is 2. The summed E-state index contributed by atoms with van der Waals surface area (Å²) in [6.45, 7) is 13.0. The molecule has 0 bridgehead atoms. The van der Waals surface area contributed by atoms with E-state index in [9.17, 15) is 42.4 Å². The number of carbonyl (C=O) groups excluding carboxylic acids is 3. The van der Waals surface area contributed by atoms with Gasteiger partial charge in [-0.25, -0.2) is 17.6 Å². The molecular formula is C42H56FN5O9S. The van der Waals surface area contributed by atoms with Crippen LogP contribution < -0.4 is 10.6 Å². The summed E-state index contributed by atoms with van der Waals surface area (Å²) in [5.41, 5.74) is -1.84. The first-order chi connectivity index (χ1) is 26.9. The monoisotopic (exact) mass is 825 g/mol. The molecule has 3 N–H and O–H groups in total. The molecule has 16 heteroatoms. The minimum atomic E-state index is -4.27. The Morgan fingerprint density at radius 3 is 2.07 bits per heavy atom. The molecule has 0 radical (unpaired) electrons. The molecule has 0 aliphatic heterocycles. The normalized spacial score (nSPS) is 15.6. The van der Waals surface area contributed by atoms with Crippen LogP contribution in [0.4, 0.5) is 14.9 Å². The van der Waals surface area contributed by atoms with Crippen molar-refractivity contribution in [3.63, 3.8) is 0 Å². The lowest BCUT2D eigenvalue weighted by Gasteiger charge is -2.36. The van der Waals surface area contributed by atoms with Gasteiger partial charge in [0.15, 0.2) is 0 Å². The number of rotatable bonds is 17. The predicted octanol–water partition coefficient (Wildman–Crippen LogP) is 5.93. The highest BCUT2D eigenvalue weighted by atomic mass is 32.2. The maximum atomic E-state index is 14.4. The maximum Gasteiger partial charge on any atom is 0.411 e. The molecule has 1 saturated carbocycles. The van der Waals surface area contributed by atoms with Gasteiger partial charge in [0.05, 0.1) is 27.5 Å². The van der Waals surface area contributed by atoms with Gasteiger partial charge in [-0.15, -0.1) is 0 Å². The van der Waals surface area contributed by atoms with Crippen molar-refractivity contribution < 1.29 is 42.0 Å². The van der Waals surface area contributed by atoms with Crippen molar-refractivity contribution in [2.24, 2.45) is 11.3 Å². The first-order valence-corrected chi connectivity index (χ1v) is 20.7. The Morgan fingerprint density at radius 2 is 1.55 bits per heavy atom. The van der Waals surface area contributed by atoms with Gasteiger partial charge in [0.1, 0.15) is 24.0 Å². The third kappa shape index (κ3) is 12.1. The van der Waals surface area contributed by atoms with Gasteiger partial charge in [0.2, 0.25) is 21.8 Å². The number of benzene rings is 3. The molecule has 58 heavy (non-hydrogen) atoms. The predicted molar refractivity (Wildman–Crippen MR) is 216 cm³/mol. The second-order valence-corrected chi connectivity index (χ2v) is 19.3. The van der Waals surface area contributed by atoms with Crippen LogP contribution in [0.1, 0.15) is 79.4 Å². The van der Waals surface area contributed by atoms with Crippen molar-refractivity contribution in [3.05, 3.63) is 106 Å². The Labute approximate surface area is 340 Å². The highest BCUT2D eigenvalue weighted by molar-refractivity contribution is 7.89. The van der Waals surface area contributed by atoms with E-state index < -0.39 is 86.5 Å². The molecular weight excluding hydrogens is 770 g/mol. The van der Waals surface area contributed by atoms with E-state index >= 15 is 0 Å². The second-order valence-electron chi connectivity index (χ2n) is 17.3. The number of non-ortho nitro benzene ring substituents is 1. The van der Waals surface area contributed by atoms with Gasteiger partial charge in [-0.1, -0.05) is 77.1 Å². The maximum absolute atomic E-state index is 14.4. The summed E-state index contributed by atoms with van der Waals surface area (Å²) in [6.07, 6.45) is -1.23. The Kier molecular flexibility index (Phi) is 14.5. The number of sulfonamides is 1. The summed E-state index contributed by atoms with van der Waals surface area (Å²) in [5, 5.41) is 28.7. The van der Waals surface area contributed by atoms with Crippen LogP contribution in [0.5, 0.6) is 0 Å².